The monoisotopic (exact) mass is 411 g/mol. The lowest BCUT2D eigenvalue weighted by molar-refractivity contribution is -0.144. The Morgan fingerprint density at radius 3 is 2.58 bits per heavy atom. The number of ether oxygens (including phenoxy) is 1. The molecule has 0 aliphatic rings. The van der Waals surface area contributed by atoms with Crippen molar-refractivity contribution in [3.8, 4) is 0 Å². The van der Waals surface area contributed by atoms with E-state index >= 15 is 0 Å². The molecule has 1 aromatic heterocycles. The van der Waals surface area contributed by atoms with Gasteiger partial charge in [0.05, 0.1) is 4.88 Å². The van der Waals surface area contributed by atoms with Crippen LogP contribution in [-0.2, 0) is 9.53 Å². The van der Waals surface area contributed by atoms with Crippen molar-refractivity contribution in [1.29, 1.82) is 0 Å². The Labute approximate surface area is 165 Å². The Morgan fingerprint density at radius 2 is 1.96 bits per heavy atom. The molecule has 0 aliphatic heterocycles. The molecule has 8 heteroatoms. The number of carbonyl (C=O) groups is 3. The second kappa shape index (κ2) is 10.4. The summed E-state index contributed by atoms with van der Waals surface area (Å²) in [6.07, 6.45) is 2.32. The van der Waals surface area contributed by atoms with Crippen LogP contribution in [0.2, 0.25) is 5.02 Å². The highest BCUT2D eigenvalue weighted by atomic mass is 35.5. The van der Waals surface area contributed by atoms with E-state index in [0.29, 0.717) is 27.6 Å². The number of Topliss-reactive ketones (excluding diaryl/α,β-unsaturated/α-hetero) is 1. The molecule has 2 rings (SSSR count). The summed E-state index contributed by atoms with van der Waals surface area (Å²) >= 11 is 8.66. The van der Waals surface area contributed by atoms with Crippen LogP contribution in [0.5, 0.6) is 0 Å². The van der Waals surface area contributed by atoms with Crippen molar-refractivity contribution in [1.82, 2.24) is 5.32 Å². The van der Waals surface area contributed by atoms with Gasteiger partial charge in [0.1, 0.15) is 6.04 Å². The summed E-state index contributed by atoms with van der Waals surface area (Å²) in [5.41, 5.74) is 0.394. The topological polar surface area (TPSA) is 72.5 Å². The lowest BCUT2D eigenvalue weighted by atomic mass is 10.1. The summed E-state index contributed by atoms with van der Waals surface area (Å²) in [6.45, 7) is -0.341. The normalized spacial score (nSPS) is 11.6. The largest absolute Gasteiger partial charge is 0.456 e. The van der Waals surface area contributed by atoms with E-state index in [9.17, 15) is 14.4 Å². The van der Waals surface area contributed by atoms with Crippen molar-refractivity contribution in [3.63, 3.8) is 0 Å². The maximum absolute atomic E-state index is 12.3. The smallest absolute Gasteiger partial charge is 0.329 e. The number of ketones is 1. The third kappa shape index (κ3) is 6.16. The highest BCUT2D eigenvalue weighted by molar-refractivity contribution is 7.98. The van der Waals surface area contributed by atoms with E-state index in [1.54, 1.807) is 53.5 Å². The summed E-state index contributed by atoms with van der Waals surface area (Å²) in [7, 11) is 0. The minimum Gasteiger partial charge on any atom is -0.456 e. The summed E-state index contributed by atoms with van der Waals surface area (Å²) in [4.78, 5) is 37.1. The zero-order valence-corrected chi connectivity index (χ0v) is 16.5. The fraction of sp³-hybridized carbons (Fsp3) is 0.278. The summed E-state index contributed by atoms with van der Waals surface area (Å²) in [6, 6.07) is 8.98. The van der Waals surface area contributed by atoms with Gasteiger partial charge >= 0.3 is 5.97 Å². The molecule has 2 aromatic rings. The Hall–Kier alpha value is -1.83. The van der Waals surface area contributed by atoms with Gasteiger partial charge < -0.3 is 10.1 Å². The SMILES string of the molecule is CSCC[C@@H](NC(=O)c1ccc(Cl)cc1)C(=O)OCC(=O)c1cccs1. The molecular formula is C18H18ClNO4S2. The lowest BCUT2D eigenvalue weighted by Gasteiger charge is -2.17. The van der Waals surface area contributed by atoms with E-state index in [4.69, 9.17) is 16.3 Å². The van der Waals surface area contributed by atoms with Crippen LogP contribution < -0.4 is 5.32 Å². The Morgan fingerprint density at radius 1 is 1.23 bits per heavy atom. The first-order chi connectivity index (χ1) is 12.5. The summed E-state index contributed by atoms with van der Waals surface area (Å²) in [5, 5.41) is 4.97. The van der Waals surface area contributed by atoms with Gasteiger partial charge in [-0.05, 0) is 54.1 Å². The van der Waals surface area contributed by atoms with Crippen LogP contribution in [0.3, 0.4) is 0 Å². The van der Waals surface area contributed by atoms with Crippen LogP contribution in [0.4, 0.5) is 0 Å². The molecule has 0 saturated carbocycles. The number of esters is 1. The molecule has 0 radical (unpaired) electrons. The fourth-order valence-electron chi connectivity index (χ4n) is 2.07. The Kier molecular flexibility index (Phi) is 8.15. The van der Waals surface area contributed by atoms with Crippen LogP contribution in [0.1, 0.15) is 26.5 Å². The van der Waals surface area contributed by atoms with Gasteiger partial charge in [0.25, 0.3) is 5.91 Å². The minimum absolute atomic E-state index is 0.263. The van der Waals surface area contributed by atoms with Gasteiger partial charge in [0.2, 0.25) is 5.78 Å². The van der Waals surface area contributed by atoms with Crippen molar-refractivity contribution >= 4 is 52.4 Å². The molecule has 26 heavy (non-hydrogen) atoms. The average Bonchev–Trinajstić information content (AvgIpc) is 3.18. The third-order valence-corrected chi connectivity index (χ3v) is 5.26. The van der Waals surface area contributed by atoms with Crippen molar-refractivity contribution < 1.29 is 19.1 Å². The van der Waals surface area contributed by atoms with Crippen molar-refractivity contribution in [2.45, 2.75) is 12.5 Å². The predicted molar refractivity (Wildman–Crippen MR) is 105 cm³/mol. The summed E-state index contributed by atoms with van der Waals surface area (Å²) < 4.78 is 5.12. The fourth-order valence-corrected chi connectivity index (χ4v) is 3.32. The molecule has 138 valence electrons. The van der Waals surface area contributed by atoms with Gasteiger partial charge in [-0.2, -0.15) is 11.8 Å². The number of hydrogen-bond donors (Lipinski definition) is 1. The molecule has 0 aliphatic carbocycles. The predicted octanol–water partition coefficient (Wildman–Crippen LogP) is 3.68. The molecule has 1 amide bonds. The number of amides is 1. The Bertz CT molecular complexity index is 747. The number of hydrogen-bond acceptors (Lipinski definition) is 6. The first-order valence-corrected chi connectivity index (χ1v) is 10.4. The number of rotatable bonds is 9. The molecular weight excluding hydrogens is 394 g/mol. The summed E-state index contributed by atoms with van der Waals surface area (Å²) in [5.74, 6) is -0.610. The average molecular weight is 412 g/mol. The number of nitrogens with one attached hydrogen (secondary N) is 1. The highest BCUT2D eigenvalue weighted by Crippen LogP contribution is 2.12. The first kappa shape index (κ1) is 20.5. The molecule has 0 spiro atoms. The van der Waals surface area contributed by atoms with Crippen molar-refractivity contribution in [3.05, 3.63) is 57.2 Å². The van der Waals surface area contributed by atoms with Crippen LogP contribution in [0.25, 0.3) is 0 Å². The van der Waals surface area contributed by atoms with Crippen molar-refractivity contribution in [2.75, 3.05) is 18.6 Å². The second-order valence-electron chi connectivity index (χ2n) is 5.32. The molecule has 1 N–H and O–H groups in total. The number of thiophene rings is 1. The van der Waals surface area contributed by atoms with Gasteiger partial charge in [-0.3, -0.25) is 9.59 Å². The second-order valence-corrected chi connectivity index (χ2v) is 7.69. The van der Waals surface area contributed by atoms with Gasteiger partial charge in [0.15, 0.2) is 6.61 Å². The number of carbonyl (C=O) groups excluding carboxylic acids is 3. The maximum atomic E-state index is 12.3. The Balaban J connectivity index is 1.96. The number of benzene rings is 1. The van der Waals surface area contributed by atoms with Crippen LogP contribution >= 0.6 is 34.7 Å². The van der Waals surface area contributed by atoms with Gasteiger partial charge in [-0.25, -0.2) is 4.79 Å². The quantitative estimate of drug-likeness (QED) is 0.503. The van der Waals surface area contributed by atoms with Crippen LogP contribution in [-0.4, -0.2) is 42.3 Å². The van der Waals surface area contributed by atoms with Gasteiger partial charge in [-0.15, -0.1) is 11.3 Å². The molecule has 1 aromatic carbocycles. The van der Waals surface area contributed by atoms with E-state index in [0.717, 1.165) is 0 Å². The standard InChI is InChI=1S/C18H18ClNO4S2/c1-25-10-8-14(20-17(22)12-4-6-13(19)7-5-12)18(23)24-11-15(21)16-3-2-9-26-16/h2-7,9,14H,8,10-11H2,1H3,(H,20,22)/t14-/m1/s1. The molecule has 0 unspecified atom stereocenters. The number of halogens is 1. The molecule has 0 fully saturated rings. The molecule has 0 bridgehead atoms. The van der Waals surface area contributed by atoms with Crippen molar-refractivity contribution in [2.24, 2.45) is 0 Å². The third-order valence-electron chi connectivity index (χ3n) is 3.45. The first-order valence-electron chi connectivity index (χ1n) is 7.80. The zero-order valence-electron chi connectivity index (χ0n) is 14.1. The number of thioether (sulfide) groups is 1. The zero-order chi connectivity index (χ0) is 18.9. The minimum atomic E-state index is -0.818. The van der Waals surface area contributed by atoms with E-state index in [1.165, 1.54) is 11.3 Å². The van der Waals surface area contributed by atoms with E-state index in [1.807, 2.05) is 6.26 Å². The van der Waals surface area contributed by atoms with Crippen LogP contribution in [0, 0.1) is 0 Å². The van der Waals surface area contributed by atoms with Crippen LogP contribution in [0.15, 0.2) is 41.8 Å². The molecule has 1 atom stereocenters. The van der Waals surface area contributed by atoms with E-state index in [2.05, 4.69) is 5.32 Å². The van der Waals surface area contributed by atoms with E-state index < -0.39 is 17.9 Å². The maximum Gasteiger partial charge on any atom is 0.329 e. The lowest BCUT2D eigenvalue weighted by Crippen LogP contribution is -2.42. The molecule has 0 saturated heterocycles. The highest BCUT2D eigenvalue weighted by Gasteiger charge is 2.23. The molecule has 1 heterocycles. The van der Waals surface area contributed by atoms with Gasteiger partial charge in [-0.1, -0.05) is 17.7 Å². The van der Waals surface area contributed by atoms with E-state index in [-0.39, 0.29) is 12.4 Å². The van der Waals surface area contributed by atoms with Gasteiger partial charge in [0, 0.05) is 10.6 Å². The molecule has 5 nitrogen and oxygen atoms in total.